The molecule has 2 aromatic carbocycles. The van der Waals surface area contributed by atoms with Crippen LogP contribution in [0.15, 0.2) is 54.6 Å². The standard InChI is InChI=1S/C20H17F2N3O3/c1-27-15-5-2-13(3-6-15)18-8-9-19(25-24-18)28-11-10-23-20(26)14-4-7-16(21)17(22)12-14/h2-9,12H,10-11H2,1H3,(H,23,26). The van der Waals surface area contributed by atoms with E-state index in [0.717, 1.165) is 23.4 Å². The molecule has 0 aliphatic heterocycles. The van der Waals surface area contributed by atoms with Gasteiger partial charge in [0.25, 0.3) is 5.91 Å². The Bertz CT molecular complexity index is 948. The van der Waals surface area contributed by atoms with Crippen LogP contribution in [0.3, 0.4) is 0 Å². The number of hydrogen-bond donors (Lipinski definition) is 1. The first kappa shape index (κ1) is 19.2. The van der Waals surface area contributed by atoms with E-state index in [1.165, 1.54) is 6.07 Å². The van der Waals surface area contributed by atoms with Crippen LogP contribution in [0.2, 0.25) is 0 Å². The number of rotatable bonds is 7. The fourth-order valence-corrected chi connectivity index (χ4v) is 2.37. The number of carbonyl (C=O) groups is 1. The Morgan fingerprint density at radius 2 is 1.79 bits per heavy atom. The van der Waals surface area contributed by atoms with E-state index in [2.05, 4.69) is 15.5 Å². The highest BCUT2D eigenvalue weighted by atomic mass is 19.2. The summed E-state index contributed by atoms with van der Waals surface area (Å²) in [6, 6.07) is 13.8. The van der Waals surface area contributed by atoms with E-state index in [1.807, 2.05) is 24.3 Å². The van der Waals surface area contributed by atoms with Crippen LogP contribution in [-0.4, -0.2) is 36.4 Å². The Kier molecular flexibility index (Phi) is 6.11. The summed E-state index contributed by atoms with van der Waals surface area (Å²) in [6.07, 6.45) is 0. The Morgan fingerprint density at radius 1 is 1.00 bits per heavy atom. The van der Waals surface area contributed by atoms with Crippen LogP contribution in [0.4, 0.5) is 8.78 Å². The fourth-order valence-electron chi connectivity index (χ4n) is 2.37. The molecule has 0 atom stereocenters. The predicted octanol–water partition coefficient (Wildman–Crippen LogP) is 3.24. The number of benzene rings is 2. The summed E-state index contributed by atoms with van der Waals surface area (Å²) >= 11 is 0. The molecule has 0 bridgehead atoms. The maximum Gasteiger partial charge on any atom is 0.251 e. The van der Waals surface area contributed by atoms with Crippen molar-refractivity contribution >= 4 is 5.91 Å². The molecule has 0 saturated heterocycles. The monoisotopic (exact) mass is 385 g/mol. The van der Waals surface area contributed by atoms with E-state index in [1.54, 1.807) is 19.2 Å². The topological polar surface area (TPSA) is 73.3 Å². The number of amides is 1. The minimum atomic E-state index is -1.07. The Balaban J connectivity index is 1.48. The van der Waals surface area contributed by atoms with Gasteiger partial charge in [-0.1, -0.05) is 0 Å². The van der Waals surface area contributed by atoms with Crippen LogP contribution in [0, 0.1) is 11.6 Å². The molecule has 1 aromatic heterocycles. The molecule has 0 unspecified atom stereocenters. The first-order valence-corrected chi connectivity index (χ1v) is 8.41. The normalized spacial score (nSPS) is 10.4. The number of ether oxygens (including phenoxy) is 2. The quantitative estimate of drug-likeness (QED) is 0.632. The predicted molar refractivity (Wildman–Crippen MR) is 98.2 cm³/mol. The molecule has 28 heavy (non-hydrogen) atoms. The first-order valence-electron chi connectivity index (χ1n) is 8.41. The third-order valence-electron chi connectivity index (χ3n) is 3.85. The van der Waals surface area contributed by atoms with Crippen LogP contribution < -0.4 is 14.8 Å². The largest absolute Gasteiger partial charge is 0.497 e. The highest BCUT2D eigenvalue weighted by molar-refractivity contribution is 5.94. The van der Waals surface area contributed by atoms with Gasteiger partial charge in [0.1, 0.15) is 12.4 Å². The molecule has 0 radical (unpaired) electrons. The van der Waals surface area contributed by atoms with Crippen LogP contribution in [-0.2, 0) is 0 Å². The van der Waals surface area contributed by atoms with E-state index in [4.69, 9.17) is 9.47 Å². The van der Waals surface area contributed by atoms with E-state index < -0.39 is 17.5 Å². The van der Waals surface area contributed by atoms with Gasteiger partial charge in [-0.3, -0.25) is 4.79 Å². The van der Waals surface area contributed by atoms with Crippen LogP contribution in [0.5, 0.6) is 11.6 Å². The number of hydrogen-bond acceptors (Lipinski definition) is 5. The molecule has 0 aliphatic carbocycles. The van der Waals surface area contributed by atoms with E-state index in [9.17, 15) is 13.6 Å². The van der Waals surface area contributed by atoms with Crippen LogP contribution >= 0.6 is 0 Å². The molecular formula is C20H17F2N3O3. The molecule has 8 heteroatoms. The van der Waals surface area contributed by atoms with Gasteiger partial charge < -0.3 is 14.8 Å². The zero-order chi connectivity index (χ0) is 19.9. The lowest BCUT2D eigenvalue weighted by molar-refractivity contribution is 0.0946. The second-order valence-corrected chi connectivity index (χ2v) is 5.72. The van der Waals surface area contributed by atoms with Gasteiger partial charge in [-0.15, -0.1) is 10.2 Å². The highest BCUT2D eigenvalue weighted by Crippen LogP contribution is 2.21. The first-order chi connectivity index (χ1) is 13.6. The summed E-state index contributed by atoms with van der Waals surface area (Å²) in [5, 5.41) is 10.6. The van der Waals surface area contributed by atoms with Crippen molar-refractivity contribution in [2.45, 2.75) is 0 Å². The molecule has 3 aromatic rings. The highest BCUT2D eigenvalue weighted by Gasteiger charge is 2.09. The van der Waals surface area contributed by atoms with Gasteiger partial charge in [-0.05, 0) is 48.5 Å². The molecule has 0 spiro atoms. The van der Waals surface area contributed by atoms with Gasteiger partial charge in [-0.25, -0.2) is 8.78 Å². The van der Waals surface area contributed by atoms with Crippen molar-refractivity contribution in [2.24, 2.45) is 0 Å². The average molecular weight is 385 g/mol. The maximum atomic E-state index is 13.1. The van der Waals surface area contributed by atoms with Crippen LogP contribution in [0.1, 0.15) is 10.4 Å². The summed E-state index contributed by atoms with van der Waals surface area (Å²) < 4.78 is 36.6. The third-order valence-corrected chi connectivity index (χ3v) is 3.85. The molecule has 3 rings (SSSR count). The SMILES string of the molecule is COc1ccc(-c2ccc(OCCNC(=O)c3ccc(F)c(F)c3)nn2)cc1. The summed E-state index contributed by atoms with van der Waals surface area (Å²) in [7, 11) is 1.60. The molecule has 0 aliphatic rings. The van der Waals surface area contributed by atoms with Crippen molar-refractivity contribution in [3.63, 3.8) is 0 Å². The molecule has 6 nitrogen and oxygen atoms in total. The van der Waals surface area contributed by atoms with Gasteiger partial charge >= 0.3 is 0 Å². The van der Waals surface area contributed by atoms with Crippen molar-refractivity contribution in [1.29, 1.82) is 0 Å². The molecule has 0 fully saturated rings. The third kappa shape index (κ3) is 4.79. The average Bonchev–Trinajstić information content (AvgIpc) is 2.73. The van der Waals surface area contributed by atoms with E-state index in [0.29, 0.717) is 11.6 Å². The number of aromatic nitrogens is 2. The Labute approximate surface area is 160 Å². The van der Waals surface area contributed by atoms with Gasteiger partial charge in [0.05, 0.1) is 19.3 Å². The van der Waals surface area contributed by atoms with Gasteiger partial charge in [-0.2, -0.15) is 0 Å². The van der Waals surface area contributed by atoms with E-state index >= 15 is 0 Å². The summed E-state index contributed by atoms with van der Waals surface area (Å²) in [5.74, 6) is -1.54. The van der Waals surface area contributed by atoms with Gasteiger partial charge in [0, 0.05) is 17.2 Å². The fraction of sp³-hybridized carbons (Fsp3) is 0.150. The molecule has 1 amide bonds. The Hall–Kier alpha value is -3.55. The maximum absolute atomic E-state index is 13.1. The molecule has 1 N–H and O–H groups in total. The Morgan fingerprint density at radius 3 is 2.43 bits per heavy atom. The lowest BCUT2D eigenvalue weighted by atomic mass is 10.1. The lowest BCUT2D eigenvalue weighted by Gasteiger charge is -2.08. The van der Waals surface area contributed by atoms with Crippen LogP contribution in [0.25, 0.3) is 11.3 Å². The number of nitrogens with zero attached hydrogens (tertiary/aromatic N) is 2. The second-order valence-electron chi connectivity index (χ2n) is 5.72. The number of methoxy groups -OCH3 is 1. The zero-order valence-corrected chi connectivity index (χ0v) is 15.0. The minimum Gasteiger partial charge on any atom is -0.497 e. The van der Waals surface area contributed by atoms with Crippen molar-refractivity contribution < 1.29 is 23.0 Å². The van der Waals surface area contributed by atoms with Gasteiger partial charge in [0.15, 0.2) is 11.6 Å². The second kappa shape index (κ2) is 8.90. The lowest BCUT2D eigenvalue weighted by Crippen LogP contribution is -2.28. The smallest absolute Gasteiger partial charge is 0.251 e. The summed E-state index contributed by atoms with van der Waals surface area (Å²) in [4.78, 5) is 11.9. The molecule has 0 saturated carbocycles. The number of halogens is 2. The molecule has 1 heterocycles. The number of nitrogens with one attached hydrogen (secondary N) is 1. The van der Waals surface area contributed by atoms with Crippen molar-refractivity contribution in [1.82, 2.24) is 15.5 Å². The van der Waals surface area contributed by atoms with Crippen molar-refractivity contribution in [2.75, 3.05) is 20.3 Å². The number of carbonyl (C=O) groups excluding carboxylic acids is 1. The van der Waals surface area contributed by atoms with Crippen molar-refractivity contribution in [3.8, 4) is 22.9 Å². The summed E-state index contributed by atoms with van der Waals surface area (Å²) in [5.41, 5.74) is 1.60. The summed E-state index contributed by atoms with van der Waals surface area (Å²) in [6.45, 7) is 0.311. The minimum absolute atomic E-state index is 0.0301. The van der Waals surface area contributed by atoms with Gasteiger partial charge in [0.2, 0.25) is 5.88 Å². The van der Waals surface area contributed by atoms with Crippen molar-refractivity contribution in [3.05, 3.63) is 71.8 Å². The van der Waals surface area contributed by atoms with E-state index in [-0.39, 0.29) is 18.7 Å². The molecular weight excluding hydrogens is 368 g/mol. The molecule has 144 valence electrons. The zero-order valence-electron chi connectivity index (χ0n) is 15.0.